The third-order valence-corrected chi connectivity index (χ3v) is 7.46. The van der Waals surface area contributed by atoms with Crippen LogP contribution in [0.25, 0.3) is 10.2 Å². The van der Waals surface area contributed by atoms with Crippen LogP contribution in [0, 0.1) is 20.8 Å². The van der Waals surface area contributed by atoms with Crippen molar-refractivity contribution in [2.24, 2.45) is 0 Å². The highest BCUT2D eigenvalue weighted by Gasteiger charge is 2.23. The maximum atomic E-state index is 13.6. The number of rotatable bonds is 8. The number of hydrogen-bond donors (Lipinski definition) is 0. The second-order valence-electron chi connectivity index (χ2n) is 8.72. The summed E-state index contributed by atoms with van der Waals surface area (Å²) >= 11 is 1.57. The topological polar surface area (TPSA) is 54.9 Å². The van der Waals surface area contributed by atoms with Crippen molar-refractivity contribution in [3.63, 3.8) is 0 Å². The molecule has 1 amide bonds. The zero-order valence-electron chi connectivity index (χ0n) is 20.4. The van der Waals surface area contributed by atoms with Crippen molar-refractivity contribution in [2.45, 2.75) is 33.6 Å². The molecule has 0 bridgehead atoms. The quantitative estimate of drug-likeness (QED) is 0.435. The SMILES string of the molecule is COc1ccc(C)c2sc(N(CCCN3CCOCC3)C(=O)Cc3cc(C)ccc3C)nc12.Cl. The maximum absolute atomic E-state index is 13.6. The summed E-state index contributed by atoms with van der Waals surface area (Å²) < 4.78 is 12.1. The number of aryl methyl sites for hydroxylation is 3. The minimum atomic E-state index is 0. The first-order valence-electron chi connectivity index (χ1n) is 11.6. The standard InChI is InChI=1S/C26H33N3O3S.ClH/c1-18-6-7-19(2)21(16-18)17-23(30)29(11-5-10-28-12-14-32-15-13-28)26-27-24-22(31-4)9-8-20(3)25(24)33-26;/h6-9,16H,5,10-15,17H2,1-4H3;1H. The van der Waals surface area contributed by atoms with Crippen LogP contribution >= 0.6 is 23.7 Å². The fraction of sp³-hybridized carbons (Fsp3) is 0.462. The molecule has 6 nitrogen and oxygen atoms in total. The zero-order valence-corrected chi connectivity index (χ0v) is 22.1. The van der Waals surface area contributed by atoms with Gasteiger partial charge < -0.3 is 9.47 Å². The predicted octanol–water partition coefficient (Wildman–Crippen LogP) is 4.95. The molecule has 0 atom stereocenters. The first-order chi connectivity index (χ1) is 16.0. The Morgan fingerprint density at radius 3 is 2.62 bits per heavy atom. The van der Waals surface area contributed by atoms with E-state index in [1.807, 2.05) is 17.0 Å². The van der Waals surface area contributed by atoms with Gasteiger partial charge in [-0.3, -0.25) is 14.6 Å². The van der Waals surface area contributed by atoms with Crippen molar-refractivity contribution in [1.82, 2.24) is 9.88 Å². The molecule has 1 aliphatic heterocycles. The number of amides is 1. The second kappa shape index (κ2) is 12.0. The van der Waals surface area contributed by atoms with Crippen LogP contribution in [0.5, 0.6) is 5.75 Å². The van der Waals surface area contributed by atoms with Gasteiger partial charge >= 0.3 is 0 Å². The highest BCUT2D eigenvalue weighted by Crippen LogP contribution is 2.36. The van der Waals surface area contributed by atoms with Crippen molar-refractivity contribution in [3.05, 3.63) is 52.6 Å². The molecular formula is C26H34ClN3O3S. The fourth-order valence-corrected chi connectivity index (χ4v) is 5.33. The van der Waals surface area contributed by atoms with Crippen LogP contribution in [0.1, 0.15) is 28.7 Å². The van der Waals surface area contributed by atoms with E-state index in [2.05, 4.69) is 43.9 Å². The van der Waals surface area contributed by atoms with Crippen molar-refractivity contribution >= 4 is 45.0 Å². The average molecular weight is 504 g/mol. The van der Waals surface area contributed by atoms with Gasteiger partial charge in [0.2, 0.25) is 5.91 Å². The second-order valence-corrected chi connectivity index (χ2v) is 9.70. The Hall–Kier alpha value is -2.19. The van der Waals surface area contributed by atoms with E-state index in [1.165, 1.54) is 5.56 Å². The minimum absolute atomic E-state index is 0. The molecular weight excluding hydrogens is 470 g/mol. The largest absolute Gasteiger partial charge is 0.494 e. The summed E-state index contributed by atoms with van der Waals surface area (Å²) in [6.45, 7) is 11.3. The third-order valence-electron chi connectivity index (χ3n) is 6.25. The number of carbonyl (C=O) groups excluding carboxylic acids is 1. The summed E-state index contributed by atoms with van der Waals surface area (Å²) in [6.07, 6.45) is 1.27. The Kier molecular flexibility index (Phi) is 9.31. The molecule has 0 saturated carbocycles. The molecule has 2 heterocycles. The van der Waals surface area contributed by atoms with Crippen LogP contribution in [0.2, 0.25) is 0 Å². The maximum Gasteiger partial charge on any atom is 0.233 e. The van der Waals surface area contributed by atoms with E-state index >= 15 is 0 Å². The number of hydrogen-bond acceptors (Lipinski definition) is 6. The zero-order chi connectivity index (χ0) is 23.4. The van der Waals surface area contributed by atoms with Gasteiger partial charge in [-0.1, -0.05) is 41.2 Å². The molecule has 0 spiro atoms. The Morgan fingerprint density at radius 1 is 1.15 bits per heavy atom. The highest BCUT2D eigenvalue weighted by atomic mass is 35.5. The third kappa shape index (κ3) is 6.08. The van der Waals surface area contributed by atoms with Gasteiger partial charge in [-0.2, -0.15) is 0 Å². The Labute approximate surface area is 212 Å². The number of benzene rings is 2. The van der Waals surface area contributed by atoms with Crippen molar-refractivity contribution < 1.29 is 14.3 Å². The first-order valence-corrected chi connectivity index (χ1v) is 12.4. The molecule has 184 valence electrons. The van der Waals surface area contributed by atoms with Gasteiger partial charge in [0.1, 0.15) is 11.3 Å². The Morgan fingerprint density at radius 2 is 1.88 bits per heavy atom. The molecule has 4 rings (SSSR count). The summed E-state index contributed by atoms with van der Waals surface area (Å²) in [5.41, 5.74) is 5.36. The average Bonchev–Trinajstić information content (AvgIpc) is 3.26. The first kappa shape index (κ1) is 26.4. The highest BCUT2D eigenvalue weighted by molar-refractivity contribution is 7.22. The molecule has 1 fully saturated rings. The van der Waals surface area contributed by atoms with E-state index in [9.17, 15) is 4.79 Å². The minimum Gasteiger partial charge on any atom is -0.494 e. The number of halogens is 1. The lowest BCUT2D eigenvalue weighted by Gasteiger charge is -2.28. The molecule has 1 saturated heterocycles. The monoisotopic (exact) mass is 503 g/mol. The lowest BCUT2D eigenvalue weighted by molar-refractivity contribution is -0.118. The number of aromatic nitrogens is 1. The van der Waals surface area contributed by atoms with E-state index in [-0.39, 0.29) is 18.3 Å². The van der Waals surface area contributed by atoms with E-state index in [4.69, 9.17) is 14.5 Å². The van der Waals surface area contributed by atoms with Gasteiger partial charge in [0.15, 0.2) is 5.13 Å². The molecule has 0 N–H and O–H groups in total. The number of carbonyl (C=O) groups is 1. The number of thiazole rings is 1. The number of methoxy groups -OCH3 is 1. The van der Waals surface area contributed by atoms with Gasteiger partial charge in [-0.05, 0) is 49.9 Å². The Balaban J connectivity index is 0.00000324. The van der Waals surface area contributed by atoms with Crippen molar-refractivity contribution in [2.75, 3.05) is 51.4 Å². The molecule has 34 heavy (non-hydrogen) atoms. The molecule has 0 radical (unpaired) electrons. The van der Waals surface area contributed by atoms with E-state index < -0.39 is 0 Å². The lowest BCUT2D eigenvalue weighted by atomic mass is 10.0. The van der Waals surface area contributed by atoms with Crippen molar-refractivity contribution in [1.29, 1.82) is 0 Å². The van der Waals surface area contributed by atoms with Crippen LogP contribution in [0.4, 0.5) is 5.13 Å². The van der Waals surface area contributed by atoms with Crippen LogP contribution in [0.15, 0.2) is 30.3 Å². The Bertz CT molecular complexity index is 1130. The fourth-order valence-electron chi connectivity index (χ4n) is 4.23. The van der Waals surface area contributed by atoms with E-state index in [0.29, 0.717) is 13.0 Å². The summed E-state index contributed by atoms with van der Waals surface area (Å²) in [7, 11) is 1.66. The molecule has 8 heteroatoms. The van der Waals surface area contributed by atoms with Gasteiger partial charge in [0.05, 0.1) is 31.4 Å². The van der Waals surface area contributed by atoms with Crippen LogP contribution in [-0.4, -0.2) is 62.3 Å². The smallest absolute Gasteiger partial charge is 0.233 e. The number of fused-ring (bicyclic) bond motifs is 1. The van der Waals surface area contributed by atoms with Crippen LogP contribution < -0.4 is 9.64 Å². The number of ether oxygens (including phenoxy) is 2. The summed E-state index contributed by atoms with van der Waals surface area (Å²) in [5, 5.41) is 0.745. The number of anilines is 1. The lowest BCUT2D eigenvalue weighted by Crippen LogP contribution is -2.39. The van der Waals surface area contributed by atoms with Gasteiger partial charge in [0.25, 0.3) is 0 Å². The van der Waals surface area contributed by atoms with E-state index in [0.717, 1.165) is 77.1 Å². The summed E-state index contributed by atoms with van der Waals surface area (Å²) in [4.78, 5) is 22.8. The van der Waals surface area contributed by atoms with Crippen molar-refractivity contribution in [3.8, 4) is 5.75 Å². The van der Waals surface area contributed by atoms with Crippen LogP contribution in [0.3, 0.4) is 0 Å². The van der Waals surface area contributed by atoms with Gasteiger partial charge in [0, 0.05) is 26.2 Å². The summed E-state index contributed by atoms with van der Waals surface area (Å²) in [5.74, 6) is 0.828. The molecule has 0 aliphatic carbocycles. The summed E-state index contributed by atoms with van der Waals surface area (Å²) in [6, 6.07) is 10.3. The van der Waals surface area contributed by atoms with Crippen LogP contribution in [-0.2, 0) is 16.0 Å². The molecule has 0 unspecified atom stereocenters. The normalized spacial score (nSPS) is 14.1. The number of nitrogens with zero attached hydrogens (tertiary/aromatic N) is 3. The predicted molar refractivity (Wildman–Crippen MR) is 142 cm³/mol. The molecule has 2 aromatic carbocycles. The van der Waals surface area contributed by atoms with E-state index in [1.54, 1.807) is 18.4 Å². The molecule has 3 aromatic rings. The number of morpholine rings is 1. The van der Waals surface area contributed by atoms with Gasteiger partial charge in [-0.15, -0.1) is 12.4 Å². The molecule has 1 aromatic heterocycles. The molecule has 1 aliphatic rings. The van der Waals surface area contributed by atoms with Gasteiger partial charge in [-0.25, -0.2) is 4.98 Å².